The lowest BCUT2D eigenvalue weighted by Gasteiger charge is -2.16. The van der Waals surface area contributed by atoms with E-state index < -0.39 is 17.7 Å². The predicted molar refractivity (Wildman–Crippen MR) is 98.5 cm³/mol. The molecular weight excluding hydrogens is 392 g/mol. The molecule has 7 heteroatoms. The fourth-order valence-corrected chi connectivity index (χ4v) is 2.67. The van der Waals surface area contributed by atoms with E-state index in [1.165, 1.54) is 12.1 Å². The first-order valence-corrected chi connectivity index (χ1v) is 8.68. The van der Waals surface area contributed by atoms with Crippen molar-refractivity contribution in [3.63, 3.8) is 0 Å². The minimum absolute atomic E-state index is 0.342. The zero-order valence-electron chi connectivity index (χ0n) is 14.5. The smallest absolute Gasteiger partial charge is 0.228 e. The number of aryl methyl sites for hydroxylation is 1. The van der Waals surface area contributed by atoms with E-state index in [-0.39, 0.29) is 0 Å². The second-order valence-corrected chi connectivity index (χ2v) is 6.42. The Morgan fingerprint density at radius 3 is 2.52 bits per heavy atom. The third-order valence-corrected chi connectivity index (χ3v) is 4.04. The van der Waals surface area contributed by atoms with E-state index >= 15 is 0 Å². The summed E-state index contributed by atoms with van der Waals surface area (Å²) < 4.78 is 33.1. The monoisotopic (exact) mass is 411 g/mol. The van der Waals surface area contributed by atoms with Crippen molar-refractivity contribution in [1.29, 1.82) is 0 Å². The number of ether oxygens (including phenoxy) is 1. The van der Waals surface area contributed by atoms with Crippen LogP contribution in [0.5, 0.6) is 5.88 Å². The molecule has 1 aromatic carbocycles. The van der Waals surface area contributed by atoms with Gasteiger partial charge in [0.1, 0.15) is 17.7 Å². The molecule has 1 aromatic heterocycles. The van der Waals surface area contributed by atoms with Gasteiger partial charge in [0.2, 0.25) is 5.88 Å². The van der Waals surface area contributed by atoms with Crippen LogP contribution in [0.25, 0.3) is 0 Å². The maximum Gasteiger partial charge on any atom is 0.228 e. The molecule has 0 aliphatic heterocycles. The van der Waals surface area contributed by atoms with Crippen LogP contribution in [0.15, 0.2) is 33.7 Å². The molecule has 2 rings (SSSR count). The highest BCUT2D eigenvalue weighted by Crippen LogP contribution is 2.32. The zero-order chi connectivity index (χ0) is 18.6. The summed E-state index contributed by atoms with van der Waals surface area (Å²) >= 11 is 3.41. The number of benzene rings is 1. The van der Waals surface area contributed by atoms with Crippen LogP contribution in [0.1, 0.15) is 38.1 Å². The molecule has 134 valence electrons. The normalized spacial score (nSPS) is 12.8. The molecule has 1 heterocycles. The fraction of sp³-hybridized carbons (Fsp3) is 0.333. The molecule has 0 saturated heterocycles. The summed E-state index contributed by atoms with van der Waals surface area (Å²) in [4.78, 5) is 8.87. The van der Waals surface area contributed by atoms with Gasteiger partial charge >= 0.3 is 0 Å². The molecule has 0 aliphatic rings. The molecular formula is C18H20BrF2N3O. The van der Waals surface area contributed by atoms with Crippen LogP contribution in [-0.2, 0) is 0 Å². The van der Waals surface area contributed by atoms with Gasteiger partial charge in [-0.1, -0.05) is 0 Å². The number of amidine groups is 1. The second kappa shape index (κ2) is 8.38. The maximum atomic E-state index is 13.4. The Kier molecular flexibility index (Phi) is 6.47. The van der Waals surface area contributed by atoms with E-state index in [9.17, 15) is 8.78 Å². The first-order chi connectivity index (χ1) is 11.8. The van der Waals surface area contributed by atoms with Gasteiger partial charge in [0.05, 0.1) is 21.7 Å². The standard InChI is InChI=1S/C18H20BrF2N3O/c1-5-22-12(4)24-17-9-16(19)18(23-10(17)2)25-11(3)13-6-14(20)8-15(21)7-13/h6-9,11H,5H2,1-4H3,(H,22,24). The van der Waals surface area contributed by atoms with Crippen LogP contribution in [-0.4, -0.2) is 17.4 Å². The lowest BCUT2D eigenvalue weighted by molar-refractivity contribution is 0.214. The van der Waals surface area contributed by atoms with Crippen molar-refractivity contribution in [3.05, 3.63) is 51.6 Å². The van der Waals surface area contributed by atoms with E-state index in [1.54, 1.807) is 13.0 Å². The van der Waals surface area contributed by atoms with Gasteiger partial charge in [0.25, 0.3) is 0 Å². The largest absolute Gasteiger partial charge is 0.469 e. The van der Waals surface area contributed by atoms with Crippen LogP contribution in [0.2, 0.25) is 0 Å². The molecule has 0 saturated carbocycles. The van der Waals surface area contributed by atoms with Crippen LogP contribution < -0.4 is 10.1 Å². The van der Waals surface area contributed by atoms with Crippen LogP contribution in [0.3, 0.4) is 0 Å². The van der Waals surface area contributed by atoms with Gasteiger partial charge in [0.15, 0.2) is 0 Å². The van der Waals surface area contributed by atoms with Crippen molar-refractivity contribution in [1.82, 2.24) is 10.3 Å². The van der Waals surface area contributed by atoms with Crippen LogP contribution in [0, 0.1) is 18.6 Å². The molecule has 2 aromatic rings. The molecule has 0 fully saturated rings. The van der Waals surface area contributed by atoms with Crippen molar-refractivity contribution >= 4 is 27.5 Å². The van der Waals surface area contributed by atoms with Crippen LogP contribution in [0.4, 0.5) is 14.5 Å². The predicted octanol–water partition coefficient (Wildman–Crippen LogP) is 5.23. The molecule has 0 amide bonds. The highest BCUT2D eigenvalue weighted by Gasteiger charge is 2.15. The number of hydrogen-bond acceptors (Lipinski definition) is 3. The summed E-state index contributed by atoms with van der Waals surface area (Å²) in [5.74, 6) is -0.152. The first kappa shape index (κ1) is 19.3. The molecule has 0 bridgehead atoms. The summed E-state index contributed by atoms with van der Waals surface area (Å²) in [6.45, 7) is 8.18. The minimum atomic E-state index is -0.641. The third kappa shape index (κ3) is 5.22. The van der Waals surface area contributed by atoms with Crippen LogP contribution >= 0.6 is 15.9 Å². The lowest BCUT2D eigenvalue weighted by Crippen LogP contribution is -2.19. The fourth-order valence-electron chi connectivity index (χ4n) is 2.27. The van der Waals surface area contributed by atoms with E-state index in [0.717, 1.165) is 18.4 Å². The van der Waals surface area contributed by atoms with Gasteiger partial charge in [-0.25, -0.2) is 18.8 Å². The zero-order valence-corrected chi connectivity index (χ0v) is 16.1. The maximum absolute atomic E-state index is 13.4. The molecule has 1 unspecified atom stereocenters. The molecule has 4 nitrogen and oxygen atoms in total. The first-order valence-electron chi connectivity index (χ1n) is 7.89. The van der Waals surface area contributed by atoms with E-state index in [0.29, 0.717) is 27.3 Å². The average Bonchev–Trinajstić information content (AvgIpc) is 2.51. The highest BCUT2D eigenvalue weighted by molar-refractivity contribution is 9.10. The highest BCUT2D eigenvalue weighted by atomic mass is 79.9. The number of nitrogens with one attached hydrogen (secondary N) is 1. The Morgan fingerprint density at radius 1 is 1.28 bits per heavy atom. The summed E-state index contributed by atoms with van der Waals surface area (Å²) in [6.07, 6.45) is -0.564. The van der Waals surface area contributed by atoms with Gasteiger partial charge in [-0.2, -0.15) is 0 Å². The number of rotatable bonds is 5. The Hall–Kier alpha value is -2.02. The minimum Gasteiger partial charge on any atom is -0.469 e. The average molecular weight is 412 g/mol. The summed E-state index contributed by atoms with van der Waals surface area (Å²) in [5.41, 5.74) is 1.80. The second-order valence-electron chi connectivity index (χ2n) is 5.57. The van der Waals surface area contributed by atoms with Gasteiger partial charge < -0.3 is 10.1 Å². The van der Waals surface area contributed by atoms with E-state index in [1.807, 2.05) is 20.8 Å². The van der Waals surface area contributed by atoms with E-state index in [2.05, 4.69) is 31.2 Å². The molecule has 1 N–H and O–H groups in total. The number of aliphatic imine (C=N–C) groups is 1. The van der Waals surface area contributed by atoms with Gasteiger partial charge in [-0.15, -0.1) is 0 Å². The van der Waals surface area contributed by atoms with Crippen molar-refractivity contribution in [2.24, 2.45) is 4.99 Å². The molecule has 0 spiro atoms. The number of nitrogens with zero attached hydrogens (tertiary/aromatic N) is 2. The summed E-state index contributed by atoms with van der Waals surface area (Å²) in [5, 5.41) is 3.12. The van der Waals surface area contributed by atoms with Crippen molar-refractivity contribution in [3.8, 4) is 5.88 Å². The van der Waals surface area contributed by atoms with Gasteiger partial charge in [-0.3, -0.25) is 0 Å². The Balaban J connectivity index is 2.25. The third-order valence-electron chi connectivity index (χ3n) is 3.47. The molecule has 0 radical (unpaired) electrons. The van der Waals surface area contributed by atoms with Crippen molar-refractivity contribution < 1.29 is 13.5 Å². The van der Waals surface area contributed by atoms with Crippen molar-refractivity contribution in [2.45, 2.75) is 33.8 Å². The summed E-state index contributed by atoms with van der Waals surface area (Å²) in [6, 6.07) is 5.12. The SMILES string of the molecule is CCNC(C)=Nc1cc(Br)c(OC(C)c2cc(F)cc(F)c2)nc1C. The number of pyridine rings is 1. The molecule has 1 atom stereocenters. The topological polar surface area (TPSA) is 46.5 Å². The molecule has 25 heavy (non-hydrogen) atoms. The Bertz CT molecular complexity index is 776. The number of hydrogen-bond donors (Lipinski definition) is 1. The van der Waals surface area contributed by atoms with E-state index in [4.69, 9.17) is 4.74 Å². The molecule has 0 aliphatic carbocycles. The Morgan fingerprint density at radius 2 is 1.92 bits per heavy atom. The summed E-state index contributed by atoms with van der Waals surface area (Å²) in [7, 11) is 0. The number of aromatic nitrogens is 1. The Labute approximate surface area is 154 Å². The van der Waals surface area contributed by atoms with Gasteiger partial charge in [0, 0.05) is 12.6 Å². The van der Waals surface area contributed by atoms with Gasteiger partial charge in [-0.05, 0) is 67.4 Å². The quantitative estimate of drug-likeness (QED) is 0.541. The van der Waals surface area contributed by atoms with Crippen molar-refractivity contribution in [2.75, 3.05) is 6.54 Å². The lowest BCUT2D eigenvalue weighted by atomic mass is 10.1. The number of halogens is 3.